The molecule has 0 aliphatic heterocycles. The minimum Gasteiger partial charge on any atom is -0.469 e. The molecule has 19 heavy (non-hydrogen) atoms. The third-order valence-electron chi connectivity index (χ3n) is 2.40. The number of hydrogen-bond acceptors (Lipinski definition) is 3. The second-order valence-electron chi connectivity index (χ2n) is 3.81. The lowest BCUT2D eigenvalue weighted by Gasteiger charge is -2.17. The highest BCUT2D eigenvalue weighted by Crippen LogP contribution is 2.25. The number of carbonyl (C=O) groups excluding carboxylic acids is 2. The monoisotopic (exact) mass is 304 g/mol. The number of nitrogens with one attached hydrogen (secondary N) is 1. The maximum absolute atomic E-state index is 11.8. The van der Waals surface area contributed by atoms with Crippen molar-refractivity contribution in [1.29, 1.82) is 0 Å². The predicted octanol–water partition coefficient (Wildman–Crippen LogP) is 3.02. The summed E-state index contributed by atoms with van der Waals surface area (Å²) in [5.74, 6) is -0.366. The summed E-state index contributed by atoms with van der Waals surface area (Å²) in [5.41, 5.74) is 0.532. The van der Waals surface area contributed by atoms with E-state index in [1.165, 1.54) is 12.0 Å². The zero-order valence-corrected chi connectivity index (χ0v) is 12.1. The number of methoxy groups -OCH3 is 1. The van der Waals surface area contributed by atoms with Gasteiger partial charge in [0, 0.05) is 19.3 Å². The number of anilines is 1. The average molecular weight is 305 g/mol. The molecule has 2 amide bonds. The van der Waals surface area contributed by atoms with Crippen LogP contribution in [0.3, 0.4) is 0 Å². The summed E-state index contributed by atoms with van der Waals surface area (Å²) in [5, 5.41) is 3.42. The summed E-state index contributed by atoms with van der Waals surface area (Å²) >= 11 is 11.6. The maximum atomic E-state index is 11.8. The smallest absolute Gasteiger partial charge is 0.321 e. The van der Waals surface area contributed by atoms with Crippen LogP contribution >= 0.6 is 23.2 Å². The second kappa shape index (κ2) is 7.21. The maximum Gasteiger partial charge on any atom is 0.321 e. The van der Waals surface area contributed by atoms with Crippen LogP contribution < -0.4 is 5.32 Å². The number of carbonyl (C=O) groups is 2. The third-order valence-corrected chi connectivity index (χ3v) is 3.14. The van der Waals surface area contributed by atoms with Crippen molar-refractivity contribution in [2.45, 2.75) is 6.42 Å². The van der Waals surface area contributed by atoms with Crippen molar-refractivity contribution in [1.82, 2.24) is 4.90 Å². The van der Waals surface area contributed by atoms with Gasteiger partial charge < -0.3 is 15.0 Å². The van der Waals surface area contributed by atoms with Crippen LogP contribution in [0.2, 0.25) is 10.0 Å². The third kappa shape index (κ3) is 4.96. The molecule has 5 nitrogen and oxygen atoms in total. The molecule has 0 bridgehead atoms. The first kappa shape index (κ1) is 15.6. The molecule has 0 radical (unpaired) electrons. The molecule has 0 spiro atoms. The number of hydrogen-bond donors (Lipinski definition) is 1. The van der Waals surface area contributed by atoms with Gasteiger partial charge in [0.25, 0.3) is 0 Å². The lowest BCUT2D eigenvalue weighted by molar-refractivity contribution is -0.140. The minimum absolute atomic E-state index is 0.141. The number of esters is 1. The van der Waals surface area contributed by atoms with Gasteiger partial charge in [-0.25, -0.2) is 4.79 Å². The molecule has 104 valence electrons. The van der Waals surface area contributed by atoms with E-state index in [2.05, 4.69) is 10.1 Å². The van der Waals surface area contributed by atoms with Crippen molar-refractivity contribution in [3.8, 4) is 0 Å². The first-order valence-electron chi connectivity index (χ1n) is 5.48. The van der Waals surface area contributed by atoms with Gasteiger partial charge in [-0.2, -0.15) is 0 Å². The zero-order valence-electron chi connectivity index (χ0n) is 10.6. The topological polar surface area (TPSA) is 58.6 Å². The number of urea groups is 1. The lowest BCUT2D eigenvalue weighted by atomic mass is 10.3. The minimum atomic E-state index is -0.366. The molecule has 1 N–H and O–H groups in total. The van der Waals surface area contributed by atoms with Gasteiger partial charge >= 0.3 is 12.0 Å². The molecule has 0 saturated heterocycles. The average Bonchev–Trinajstić information content (AvgIpc) is 2.39. The number of ether oxygens (including phenoxy) is 1. The lowest BCUT2D eigenvalue weighted by Crippen LogP contribution is -2.33. The largest absolute Gasteiger partial charge is 0.469 e. The van der Waals surface area contributed by atoms with Gasteiger partial charge in [-0.15, -0.1) is 0 Å². The molecule has 0 fully saturated rings. The number of benzene rings is 1. The summed E-state index contributed by atoms with van der Waals surface area (Å²) in [6.07, 6.45) is 0.141. The standard InChI is InChI=1S/C12H14Cl2N2O3/c1-16(6-5-11(17)19-2)12(18)15-8-3-4-9(13)10(14)7-8/h3-4,7H,5-6H2,1-2H3,(H,15,18). The van der Waals surface area contributed by atoms with E-state index in [-0.39, 0.29) is 25.0 Å². The summed E-state index contributed by atoms with van der Waals surface area (Å²) in [7, 11) is 2.88. The molecular formula is C12H14Cl2N2O3. The Morgan fingerprint density at radius 1 is 1.32 bits per heavy atom. The molecule has 7 heteroatoms. The van der Waals surface area contributed by atoms with Crippen LogP contribution in [0.25, 0.3) is 0 Å². The predicted molar refractivity (Wildman–Crippen MR) is 74.7 cm³/mol. The van der Waals surface area contributed by atoms with E-state index in [0.717, 1.165) is 0 Å². The van der Waals surface area contributed by atoms with E-state index in [0.29, 0.717) is 15.7 Å². The fraction of sp³-hybridized carbons (Fsp3) is 0.333. The van der Waals surface area contributed by atoms with Crippen molar-refractivity contribution in [2.24, 2.45) is 0 Å². The Hall–Kier alpha value is -1.46. The van der Waals surface area contributed by atoms with Crippen LogP contribution in [0.4, 0.5) is 10.5 Å². The fourth-order valence-electron chi connectivity index (χ4n) is 1.26. The van der Waals surface area contributed by atoms with E-state index in [1.807, 2.05) is 0 Å². The van der Waals surface area contributed by atoms with Crippen molar-refractivity contribution in [3.63, 3.8) is 0 Å². The van der Waals surface area contributed by atoms with E-state index in [1.54, 1.807) is 25.2 Å². The molecular weight excluding hydrogens is 291 g/mol. The van der Waals surface area contributed by atoms with Gasteiger partial charge in [-0.3, -0.25) is 4.79 Å². The quantitative estimate of drug-likeness (QED) is 0.870. The van der Waals surface area contributed by atoms with Crippen LogP contribution in [-0.4, -0.2) is 37.6 Å². The first-order chi connectivity index (χ1) is 8.93. The van der Waals surface area contributed by atoms with Gasteiger partial charge in [-0.1, -0.05) is 23.2 Å². The number of halogens is 2. The SMILES string of the molecule is COC(=O)CCN(C)C(=O)Nc1ccc(Cl)c(Cl)c1. The Balaban J connectivity index is 2.53. The number of nitrogens with zero attached hydrogens (tertiary/aromatic N) is 1. The van der Waals surface area contributed by atoms with Gasteiger partial charge in [0.05, 0.1) is 23.6 Å². The normalized spacial score (nSPS) is 9.89. The Morgan fingerprint density at radius 2 is 2.00 bits per heavy atom. The van der Waals surface area contributed by atoms with Crippen molar-refractivity contribution in [3.05, 3.63) is 28.2 Å². The molecule has 1 aromatic rings. The summed E-state index contributed by atoms with van der Waals surface area (Å²) in [6, 6.07) is 4.44. The van der Waals surface area contributed by atoms with Gasteiger partial charge in [0.15, 0.2) is 0 Å². The number of amides is 2. The van der Waals surface area contributed by atoms with Crippen LogP contribution in [0.1, 0.15) is 6.42 Å². The second-order valence-corrected chi connectivity index (χ2v) is 4.62. The molecule has 1 rings (SSSR count). The van der Waals surface area contributed by atoms with Crippen LogP contribution in [-0.2, 0) is 9.53 Å². The molecule has 0 aliphatic carbocycles. The highest BCUT2D eigenvalue weighted by molar-refractivity contribution is 6.42. The Kier molecular flexibility index (Phi) is 5.92. The number of rotatable bonds is 4. The molecule has 1 aromatic carbocycles. The van der Waals surface area contributed by atoms with Crippen LogP contribution in [0, 0.1) is 0 Å². The first-order valence-corrected chi connectivity index (χ1v) is 6.23. The van der Waals surface area contributed by atoms with Crippen molar-refractivity contribution in [2.75, 3.05) is 26.0 Å². The van der Waals surface area contributed by atoms with Gasteiger partial charge in [0.1, 0.15) is 0 Å². The Bertz CT molecular complexity index is 480. The zero-order chi connectivity index (χ0) is 14.4. The molecule has 0 atom stereocenters. The highest BCUT2D eigenvalue weighted by atomic mass is 35.5. The van der Waals surface area contributed by atoms with E-state index < -0.39 is 0 Å². The van der Waals surface area contributed by atoms with Crippen molar-refractivity contribution >= 4 is 40.9 Å². The van der Waals surface area contributed by atoms with Gasteiger partial charge in [-0.05, 0) is 18.2 Å². The van der Waals surface area contributed by atoms with E-state index in [4.69, 9.17) is 23.2 Å². The molecule has 0 saturated carbocycles. The molecule has 0 heterocycles. The molecule has 0 aromatic heterocycles. The van der Waals surface area contributed by atoms with Gasteiger partial charge in [0.2, 0.25) is 0 Å². The van der Waals surface area contributed by atoms with Crippen LogP contribution in [0.5, 0.6) is 0 Å². The van der Waals surface area contributed by atoms with E-state index in [9.17, 15) is 9.59 Å². The van der Waals surface area contributed by atoms with Crippen LogP contribution in [0.15, 0.2) is 18.2 Å². The Labute approximate surface area is 121 Å². The fourth-order valence-corrected chi connectivity index (χ4v) is 1.55. The molecule has 0 aliphatic rings. The summed E-state index contributed by atoms with van der Waals surface area (Å²) in [4.78, 5) is 24.1. The Morgan fingerprint density at radius 3 is 2.58 bits per heavy atom. The van der Waals surface area contributed by atoms with Crippen molar-refractivity contribution < 1.29 is 14.3 Å². The molecule has 0 unspecified atom stereocenters. The highest BCUT2D eigenvalue weighted by Gasteiger charge is 2.11. The summed E-state index contributed by atoms with van der Waals surface area (Å²) < 4.78 is 4.50. The summed E-state index contributed by atoms with van der Waals surface area (Å²) in [6.45, 7) is 0.264. The van der Waals surface area contributed by atoms with E-state index >= 15 is 0 Å².